The molecule has 25 heavy (non-hydrogen) atoms. The zero-order valence-electron chi connectivity index (χ0n) is 12.6. The van der Waals surface area contributed by atoms with Crippen LogP contribution in [0.15, 0.2) is 48.8 Å². The molecule has 0 aliphatic carbocycles. The predicted octanol–water partition coefficient (Wildman–Crippen LogP) is 4.26. The fourth-order valence-electron chi connectivity index (χ4n) is 2.76. The van der Waals surface area contributed by atoms with Crippen molar-refractivity contribution in [2.75, 3.05) is 5.73 Å². The molecule has 4 aromatic rings. The smallest absolute Gasteiger partial charge is 0.405 e. The molecule has 0 unspecified atom stereocenters. The summed E-state index contributed by atoms with van der Waals surface area (Å²) in [5.41, 5.74) is 7.87. The van der Waals surface area contributed by atoms with Crippen LogP contribution in [-0.4, -0.2) is 21.3 Å². The zero-order chi connectivity index (χ0) is 17.6. The van der Waals surface area contributed by atoms with Gasteiger partial charge in [0.2, 0.25) is 0 Å². The molecule has 0 amide bonds. The third kappa shape index (κ3) is 2.82. The van der Waals surface area contributed by atoms with Gasteiger partial charge in [-0.05, 0) is 18.2 Å². The lowest BCUT2D eigenvalue weighted by atomic mass is 10.0. The van der Waals surface area contributed by atoms with E-state index in [9.17, 15) is 13.2 Å². The van der Waals surface area contributed by atoms with Crippen LogP contribution in [0.3, 0.4) is 0 Å². The van der Waals surface area contributed by atoms with Crippen LogP contribution in [0.5, 0.6) is 5.75 Å². The predicted molar refractivity (Wildman–Crippen MR) is 87.9 cm³/mol. The highest BCUT2D eigenvalue weighted by molar-refractivity contribution is 6.07. The Hall–Kier alpha value is -3.29. The number of hydrogen-bond donors (Lipinski definition) is 2. The van der Waals surface area contributed by atoms with Gasteiger partial charge in [-0.3, -0.25) is 0 Å². The number of anilines is 1. The second-order valence-electron chi connectivity index (χ2n) is 5.44. The fourth-order valence-corrected chi connectivity index (χ4v) is 2.76. The van der Waals surface area contributed by atoms with Crippen LogP contribution in [0.1, 0.15) is 0 Å². The summed E-state index contributed by atoms with van der Waals surface area (Å²) < 4.78 is 42.0. The van der Waals surface area contributed by atoms with Crippen molar-refractivity contribution in [1.29, 1.82) is 0 Å². The van der Waals surface area contributed by atoms with Gasteiger partial charge in [-0.15, -0.1) is 13.2 Å². The van der Waals surface area contributed by atoms with E-state index in [1.165, 1.54) is 18.3 Å². The number of para-hydroxylation sites is 1. The van der Waals surface area contributed by atoms with Gasteiger partial charge in [0, 0.05) is 28.1 Å². The third-order valence-corrected chi connectivity index (χ3v) is 3.78. The first-order valence-electron chi connectivity index (χ1n) is 7.29. The monoisotopic (exact) mass is 344 g/mol. The molecule has 0 spiro atoms. The minimum atomic E-state index is -4.77. The molecule has 126 valence electrons. The summed E-state index contributed by atoms with van der Waals surface area (Å²) in [6.07, 6.45) is -1.69. The Bertz CT molecular complexity index is 1090. The number of H-pyrrole nitrogens is 1. The summed E-state index contributed by atoms with van der Waals surface area (Å²) in [4.78, 5) is 11.4. The number of ether oxygens (including phenoxy) is 1. The lowest BCUT2D eigenvalue weighted by Crippen LogP contribution is -2.17. The number of nitrogens with one attached hydrogen (secondary N) is 1. The number of aromatic nitrogens is 3. The number of alkyl halides is 3. The van der Waals surface area contributed by atoms with Gasteiger partial charge in [0.15, 0.2) is 0 Å². The van der Waals surface area contributed by atoms with Gasteiger partial charge in [-0.2, -0.15) is 0 Å². The summed E-state index contributed by atoms with van der Waals surface area (Å²) in [5.74, 6) is 0.0665. The van der Waals surface area contributed by atoms with E-state index < -0.39 is 6.36 Å². The second kappa shape index (κ2) is 5.37. The van der Waals surface area contributed by atoms with Crippen LogP contribution in [0.2, 0.25) is 0 Å². The maximum Gasteiger partial charge on any atom is 0.573 e. The Morgan fingerprint density at radius 2 is 1.80 bits per heavy atom. The first kappa shape index (κ1) is 15.3. The van der Waals surface area contributed by atoms with Crippen LogP contribution >= 0.6 is 0 Å². The summed E-state index contributed by atoms with van der Waals surface area (Å²) in [5, 5.41) is 1.54. The van der Waals surface area contributed by atoms with Crippen LogP contribution in [-0.2, 0) is 0 Å². The lowest BCUT2D eigenvalue weighted by Gasteiger charge is -2.13. The minimum Gasteiger partial charge on any atom is -0.405 e. The number of aromatic amines is 1. The average molecular weight is 344 g/mol. The fraction of sp³-hybridized carbons (Fsp3) is 0.0588. The number of rotatable bonds is 2. The maximum atomic E-state index is 12.6. The van der Waals surface area contributed by atoms with Crippen LogP contribution < -0.4 is 10.5 Å². The Balaban J connectivity index is 1.90. The van der Waals surface area contributed by atoms with Gasteiger partial charge in [-0.25, -0.2) is 9.97 Å². The largest absolute Gasteiger partial charge is 0.573 e. The second-order valence-corrected chi connectivity index (χ2v) is 5.44. The van der Waals surface area contributed by atoms with Gasteiger partial charge in [0.1, 0.15) is 17.2 Å². The molecule has 4 rings (SSSR count). The normalized spacial score (nSPS) is 12.0. The van der Waals surface area contributed by atoms with E-state index in [1.54, 1.807) is 30.5 Å². The van der Waals surface area contributed by atoms with Gasteiger partial charge in [-0.1, -0.05) is 18.2 Å². The Labute approximate surface area is 139 Å². The molecule has 0 aliphatic rings. The van der Waals surface area contributed by atoms with E-state index >= 15 is 0 Å². The quantitative estimate of drug-likeness (QED) is 0.570. The summed E-state index contributed by atoms with van der Waals surface area (Å²) in [6.45, 7) is 0. The highest BCUT2D eigenvalue weighted by Crippen LogP contribution is 2.35. The van der Waals surface area contributed by atoms with Gasteiger partial charge in [0.05, 0.1) is 11.7 Å². The topological polar surface area (TPSA) is 76.8 Å². The average Bonchev–Trinajstić information content (AvgIpc) is 2.91. The molecule has 0 atom stereocenters. The lowest BCUT2D eigenvalue weighted by molar-refractivity contribution is -0.274. The number of nitrogens with two attached hydrogens (primary N) is 1. The molecule has 8 heteroatoms. The molecule has 0 fully saturated rings. The van der Waals surface area contributed by atoms with Crippen molar-refractivity contribution < 1.29 is 17.9 Å². The first-order chi connectivity index (χ1) is 11.9. The van der Waals surface area contributed by atoms with E-state index in [-0.39, 0.29) is 5.75 Å². The number of nitrogens with zero attached hydrogens (tertiary/aromatic N) is 2. The summed E-state index contributed by atoms with van der Waals surface area (Å²) >= 11 is 0. The molecule has 1 aromatic carbocycles. The highest BCUT2D eigenvalue weighted by atomic mass is 19.4. The van der Waals surface area contributed by atoms with Crippen molar-refractivity contribution in [2.24, 2.45) is 0 Å². The molecular formula is C17H11F3N4O. The zero-order valence-corrected chi connectivity index (χ0v) is 12.6. The third-order valence-electron chi connectivity index (χ3n) is 3.78. The van der Waals surface area contributed by atoms with Crippen molar-refractivity contribution in [3.05, 3.63) is 48.8 Å². The molecule has 0 saturated heterocycles. The Morgan fingerprint density at radius 1 is 1.00 bits per heavy atom. The maximum absolute atomic E-state index is 12.6. The van der Waals surface area contributed by atoms with Gasteiger partial charge in [0.25, 0.3) is 0 Å². The van der Waals surface area contributed by atoms with Crippen LogP contribution in [0, 0.1) is 0 Å². The van der Waals surface area contributed by atoms with E-state index in [0.29, 0.717) is 22.6 Å². The molecule has 3 aromatic heterocycles. The van der Waals surface area contributed by atoms with E-state index in [2.05, 4.69) is 19.7 Å². The minimum absolute atomic E-state index is 0.280. The van der Waals surface area contributed by atoms with Crippen molar-refractivity contribution in [2.45, 2.75) is 6.36 Å². The van der Waals surface area contributed by atoms with Crippen molar-refractivity contribution in [3.63, 3.8) is 0 Å². The molecule has 0 radical (unpaired) electrons. The van der Waals surface area contributed by atoms with Crippen molar-refractivity contribution in [1.82, 2.24) is 15.0 Å². The SMILES string of the molecule is Nc1cc2c(cn1)[nH]c1ncc(-c3ccccc3OC(F)(F)F)cc12. The standard InChI is InChI=1S/C17H11F3N4O/c18-17(19,20)25-14-4-2-1-3-10(14)9-5-12-11-6-15(21)22-8-13(11)24-16(12)23-7-9/h1-8H,(H2,21,22)(H,23,24). The molecular weight excluding hydrogens is 333 g/mol. The molecule has 0 bridgehead atoms. The summed E-state index contributed by atoms with van der Waals surface area (Å²) in [7, 11) is 0. The van der Waals surface area contributed by atoms with Crippen LogP contribution in [0.4, 0.5) is 19.0 Å². The molecule has 5 nitrogen and oxygen atoms in total. The van der Waals surface area contributed by atoms with Gasteiger partial charge < -0.3 is 15.5 Å². The number of hydrogen-bond acceptors (Lipinski definition) is 4. The van der Waals surface area contributed by atoms with E-state index in [4.69, 9.17) is 5.73 Å². The first-order valence-corrected chi connectivity index (χ1v) is 7.29. The van der Waals surface area contributed by atoms with Gasteiger partial charge >= 0.3 is 6.36 Å². The number of halogens is 3. The number of benzene rings is 1. The summed E-state index contributed by atoms with van der Waals surface area (Å²) in [6, 6.07) is 9.38. The van der Waals surface area contributed by atoms with Crippen LogP contribution in [0.25, 0.3) is 33.1 Å². The number of pyridine rings is 2. The van der Waals surface area contributed by atoms with Crippen molar-refractivity contribution in [3.8, 4) is 16.9 Å². The number of fused-ring (bicyclic) bond motifs is 3. The Morgan fingerprint density at radius 3 is 2.60 bits per heavy atom. The molecule has 3 heterocycles. The number of nitrogen functional groups attached to an aromatic ring is 1. The Kier molecular flexibility index (Phi) is 3.28. The molecule has 3 N–H and O–H groups in total. The van der Waals surface area contributed by atoms with E-state index in [1.807, 2.05) is 0 Å². The molecule has 0 aliphatic heterocycles. The highest BCUT2D eigenvalue weighted by Gasteiger charge is 2.32. The molecule has 0 saturated carbocycles. The van der Waals surface area contributed by atoms with Crippen molar-refractivity contribution >= 4 is 27.8 Å². The van der Waals surface area contributed by atoms with E-state index in [0.717, 1.165) is 16.3 Å².